The zero-order valence-corrected chi connectivity index (χ0v) is 12.9. The molecular formula is C17H16ClNO3. The summed E-state index contributed by atoms with van der Waals surface area (Å²) in [7, 11) is 0. The highest BCUT2D eigenvalue weighted by atomic mass is 35.5. The summed E-state index contributed by atoms with van der Waals surface area (Å²) in [4.78, 5) is 12.2. The molecule has 0 saturated heterocycles. The van der Waals surface area contributed by atoms with Gasteiger partial charge in [0.15, 0.2) is 11.5 Å². The number of hydrogen-bond acceptors (Lipinski definition) is 3. The summed E-state index contributed by atoms with van der Waals surface area (Å²) in [5.74, 6) is 1.32. The summed E-state index contributed by atoms with van der Waals surface area (Å²) in [5.41, 5.74) is 2.58. The molecule has 2 aromatic rings. The van der Waals surface area contributed by atoms with Gasteiger partial charge in [0, 0.05) is 10.7 Å². The van der Waals surface area contributed by atoms with Crippen molar-refractivity contribution in [3.05, 3.63) is 52.5 Å². The van der Waals surface area contributed by atoms with Crippen molar-refractivity contribution < 1.29 is 14.3 Å². The van der Waals surface area contributed by atoms with Crippen LogP contribution in [-0.2, 0) is 11.2 Å². The lowest BCUT2D eigenvalue weighted by Gasteiger charge is -2.18. The topological polar surface area (TPSA) is 47.6 Å². The summed E-state index contributed by atoms with van der Waals surface area (Å²) >= 11 is 5.96. The molecule has 1 aliphatic heterocycles. The van der Waals surface area contributed by atoms with E-state index in [1.165, 1.54) is 0 Å². The van der Waals surface area contributed by atoms with Gasteiger partial charge in [-0.1, -0.05) is 23.7 Å². The number of fused-ring (bicyclic) bond motifs is 1. The number of nitrogens with one attached hydrogen (secondary N) is 1. The van der Waals surface area contributed by atoms with Crippen LogP contribution in [0.3, 0.4) is 0 Å². The Kier molecular flexibility index (Phi) is 4.20. The number of halogens is 1. The van der Waals surface area contributed by atoms with Gasteiger partial charge in [0.2, 0.25) is 5.91 Å². The van der Waals surface area contributed by atoms with Gasteiger partial charge in [-0.3, -0.25) is 4.79 Å². The average Bonchev–Trinajstić information content (AvgIpc) is 2.51. The molecule has 0 unspecified atom stereocenters. The number of carbonyl (C=O) groups is 1. The molecule has 22 heavy (non-hydrogen) atoms. The molecule has 0 atom stereocenters. The van der Waals surface area contributed by atoms with Gasteiger partial charge >= 0.3 is 0 Å². The van der Waals surface area contributed by atoms with Crippen LogP contribution in [0.2, 0.25) is 5.02 Å². The number of aryl methyl sites for hydroxylation is 1. The van der Waals surface area contributed by atoms with E-state index in [0.717, 1.165) is 22.6 Å². The maximum absolute atomic E-state index is 12.2. The molecule has 4 nitrogen and oxygen atoms in total. The fraction of sp³-hybridized carbons (Fsp3) is 0.235. The Morgan fingerprint density at radius 1 is 1.14 bits per heavy atom. The molecule has 114 valence electrons. The molecule has 0 aliphatic carbocycles. The molecule has 0 spiro atoms. The van der Waals surface area contributed by atoms with Crippen LogP contribution in [0.5, 0.6) is 11.5 Å². The minimum Gasteiger partial charge on any atom is -0.486 e. The van der Waals surface area contributed by atoms with Gasteiger partial charge in [-0.25, -0.2) is 0 Å². The lowest BCUT2D eigenvalue weighted by Crippen LogP contribution is -2.17. The van der Waals surface area contributed by atoms with Gasteiger partial charge in [0.1, 0.15) is 13.2 Å². The first kappa shape index (κ1) is 14.7. The van der Waals surface area contributed by atoms with Gasteiger partial charge in [0.25, 0.3) is 0 Å². The van der Waals surface area contributed by atoms with Crippen LogP contribution in [0.1, 0.15) is 11.1 Å². The van der Waals surface area contributed by atoms with Crippen LogP contribution in [0.15, 0.2) is 36.4 Å². The van der Waals surface area contributed by atoms with E-state index in [1.807, 2.05) is 31.2 Å². The Morgan fingerprint density at radius 3 is 2.73 bits per heavy atom. The third-order valence-electron chi connectivity index (χ3n) is 3.44. The number of amides is 1. The first-order valence-electron chi connectivity index (χ1n) is 7.06. The molecular weight excluding hydrogens is 302 g/mol. The van der Waals surface area contributed by atoms with E-state index in [-0.39, 0.29) is 12.3 Å². The summed E-state index contributed by atoms with van der Waals surface area (Å²) in [6.07, 6.45) is 0.266. The first-order valence-corrected chi connectivity index (χ1v) is 7.44. The zero-order chi connectivity index (χ0) is 15.5. The lowest BCUT2D eigenvalue weighted by molar-refractivity contribution is -0.115. The molecule has 3 rings (SSSR count). The monoisotopic (exact) mass is 317 g/mol. The molecule has 1 heterocycles. The van der Waals surface area contributed by atoms with E-state index in [2.05, 4.69) is 5.32 Å². The SMILES string of the molecule is Cc1ccc(Cl)cc1NC(=O)Cc1ccc2c(c1)OCCO2. The number of anilines is 1. The molecule has 2 aromatic carbocycles. The fourth-order valence-electron chi connectivity index (χ4n) is 2.31. The average molecular weight is 318 g/mol. The summed E-state index contributed by atoms with van der Waals surface area (Å²) in [5, 5.41) is 3.48. The quantitative estimate of drug-likeness (QED) is 0.941. The van der Waals surface area contributed by atoms with Crippen LogP contribution in [0.25, 0.3) is 0 Å². The van der Waals surface area contributed by atoms with Crippen LogP contribution in [0.4, 0.5) is 5.69 Å². The highest BCUT2D eigenvalue weighted by Crippen LogP contribution is 2.31. The first-order chi connectivity index (χ1) is 10.6. The van der Waals surface area contributed by atoms with Gasteiger partial charge in [-0.2, -0.15) is 0 Å². The second kappa shape index (κ2) is 6.28. The van der Waals surface area contributed by atoms with Crippen molar-refractivity contribution in [2.45, 2.75) is 13.3 Å². The Hall–Kier alpha value is -2.20. The maximum Gasteiger partial charge on any atom is 0.228 e. The Balaban J connectivity index is 1.70. The number of ether oxygens (including phenoxy) is 2. The van der Waals surface area contributed by atoms with E-state index in [4.69, 9.17) is 21.1 Å². The van der Waals surface area contributed by atoms with Crippen molar-refractivity contribution in [1.82, 2.24) is 0 Å². The fourth-order valence-corrected chi connectivity index (χ4v) is 2.48. The second-order valence-electron chi connectivity index (χ2n) is 5.16. The van der Waals surface area contributed by atoms with E-state index in [9.17, 15) is 4.79 Å². The van der Waals surface area contributed by atoms with Crippen molar-refractivity contribution in [2.75, 3.05) is 18.5 Å². The van der Waals surface area contributed by atoms with Crippen molar-refractivity contribution >= 4 is 23.2 Å². The highest BCUT2D eigenvalue weighted by Gasteiger charge is 2.13. The predicted molar refractivity (Wildman–Crippen MR) is 86.0 cm³/mol. The van der Waals surface area contributed by atoms with Crippen molar-refractivity contribution in [1.29, 1.82) is 0 Å². The second-order valence-corrected chi connectivity index (χ2v) is 5.60. The van der Waals surface area contributed by atoms with E-state index in [0.29, 0.717) is 24.0 Å². The van der Waals surface area contributed by atoms with Crippen molar-refractivity contribution in [3.63, 3.8) is 0 Å². The van der Waals surface area contributed by atoms with Gasteiger partial charge in [-0.05, 0) is 42.3 Å². The van der Waals surface area contributed by atoms with E-state index < -0.39 is 0 Å². The molecule has 0 radical (unpaired) electrons. The van der Waals surface area contributed by atoms with E-state index in [1.54, 1.807) is 12.1 Å². The van der Waals surface area contributed by atoms with Crippen molar-refractivity contribution in [3.8, 4) is 11.5 Å². The highest BCUT2D eigenvalue weighted by molar-refractivity contribution is 6.31. The lowest BCUT2D eigenvalue weighted by atomic mass is 10.1. The predicted octanol–water partition coefficient (Wildman–Crippen LogP) is 3.60. The van der Waals surface area contributed by atoms with Crippen molar-refractivity contribution in [2.24, 2.45) is 0 Å². The van der Waals surface area contributed by atoms with Gasteiger partial charge in [-0.15, -0.1) is 0 Å². The van der Waals surface area contributed by atoms with Crippen LogP contribution < -0.4 is 14.8 Å². The Labute approximate surface area is 134 Å². The number of hydrogen-bond donors (Lipinski definition) is 1. The minimum absolute atomic E-state index is 0.0953. The Morgan fingerprint density at radius 2 is 1.91 bits per heavy atom. The van der Waals surface area contributed by atoms with Gasteiger partial charge in [0.05, 0.1) is 6.42 Å². The standard InChI is InChI=1S/C17H16ClNO3/c1-11-2-4-13(18)10-14(11)19-17(20)9-12-3-5-15-16(8-12)22-7-6-21-15/h2-5,8,10H,6-7,9H2,1H3,(H,19,20). The molecule has 5 heteroatoms. The Bertz CT molecular complexity index is 715. The largest absolute Gasteiger partial charge is 0.486 e. The van der Waals surface area contributed by atoms with Gasteiger partial charge < -0.3 is 14.8 Å². The molecule has 1 aliphatic rings. The minimum atomic E-state index is -0.0953. The third kappa shape index (κ3) is 3.34. The smallest absolute Gasteiger partial charge is 0.228 e. The number of benzene rings is 2. The van der Waals surface area contributed by atoms with Crippen LogP contribution >= 0.6 is 11.6 Å². The summed E-state index contributed by atoms with van der Waals surface area (Å²) in [6.45, 7) is 3.02. The normalized spacial score (nSPS) is 12.8. The molecule has 1 N–H and O–H groups in total. The summed E-state index contributed by atoms with van der Waals surface area (Å²) in [6, 6.07) is 11.0. The van der Waals surface area contributed by atoms with Crippen LogP contribution in [0, 0.1) is 6.92 Å². The van der Waals surface area contributed by atoms with Crippen LogP contribution in [-0.4, -0.2) is 19.1 Å². The molecule has 1 amide bonds. The molecule has 0 bridgehead atoms. The third-order valence-corrected chi connectivity index (χ3v) is 3.68. The zero-order valence-electron chi connectivity index (χ0n) is 12.2. The molecule has 0 fully saturated rings. The maximum atomic E-state index is 12.2. The number of carbonyl (C=O) groups excluding carboxylic acids is 1. The molecule has 0 aromatic heterocycles. The number of rotatable bonds is 3. The molecule has 0 saturated carbocycles. The summed E-state index contributed by atoms with van der Waals surface area (Å²) < 4.78 is 11.0. The van der Waals surface area contributed by atoms with E-state index >= 15 is 0 Å².